The van der Waals surface area contributed by atoms with Crippen molar-refractivity contribution in [3.8, 4) is 0 Å². The minimum absolute atomic E-state index is 0. The SMILES string of the molecule is [C-]#N.[C-]#N.[C-]#N.[C-]#N.[C-]#N.[C-]#N.[C-]#N.[C-]#N.[C-]#N.[C-]#N.[C-]#N.[C-]#N.[C-]#N.[C-]#N.[C-]#N.[C-]#N.[C-]#N.[C-]#N.[C-]#N.[C-]#N.[C-]#N.[C-]#N.[C-]#N.[C-]#N.[Fe+6].[Fe+6].[Fe+6].[Fe+6].[H-].[K+]. The molecule has 250 valence electrons. The molecule has 0 N–H and O–H groups in total. The average molecular weight is 888 g/mol. The van der Waals surface area contributed by atoms with Gasteiger partial charge in [-0.15, -0.1) is 0 Å². The quantitative estimate of drug-likeness (QED) is 0.217. The maximum atomic E-state index is 6.25. The third kappa shape index (κ3) is 1030. The van der Waals surface area contributed by atoms with Crippen molar-refractivity contribution in [1.82, 2.24) is 0 Å². The summed E-state index contributed by atoms with van der Waals surface area (Å²) in [5.74, 6) is 0. The summed E-state index contributed by atoms with van der Waals surface area (Å²) in [6.07, 6.45) is 0. The minimum atomic E-state index is 0. The summed E-state index contributed by atoms with van der Waals surface area (Å²) in [7, 11) is 0. The largest absolute Gasteiger partial charge is 6.00 e. The van der Waals surface area contributed by atoms with E-state index in [-0.39, 0.29) is 121 Å². The van der Waals surface area contributed by atoms with Crippen molar-refractivity contribution in [2.24, 2.45) is 0 Å². The molecule has 0 bridgehead atoms. The molecule has 0 aromatic heterocycles. The van der Waals surface area contributed by atoms with Crippen molar-refractivity contribution in [2.75, 3.05) is 0 Å². The fourth-order valence-corrected chi connectivity index (χ4v) is 0. The normalized spacial score (nSPS) is 0.906. The predicted molar refractivity (Wildman–Crippen MR) is 120 cm³/mol. The van der Waals surface area contributed by atoms with Gasteiger partial charge in [0.25, 0.3) is 0 Å². The fraction of sp³-hybridized carbons (Fsp3) is 0. The summed E-state index contributed by atoms with van der Waals surface area (Å²) >= 11 is 0. The van der Waals surface area contributed by atoms with Crippen molar-refractivity contribution < 1.29 is 121 Å². The van der Waals surface area contributed by atoms with E-state index >= 15 is 0 Å². The zero-order chi connectivity index (χ0) is 48.0. The van der Waals surface area contributed by atoms with Gasteiger partial charge in [0.15, 0.2) is 0 Å². The molecule has 0 saturated carbocycles. The van der Waals surface area contributed by atoms with E-state index in [1.54, 1.807) is 0 Å². The van der Waals surface area contributed by atoms with Crippen LogP contribution in [0.4, 0.5) is 0 Å². The van der Waals surface area contributed by atoms with Gasteiger partial charge in [-0.25, -0.2) is 0 Å². The van der Waals surface area contributed by atoms with E-state index < -0.39 is 0 Å². The average Bonchev–Trinajstić information content (AvgIpc) is 3.34. The van der Waals surface area contributed by atoms with Crippen molar-refractivity contribution in [3.05, 3.63) is 158 Å². The third-order valence-corrected chi connectivity index (χ3v) is 0. The fourth-order valence-electron chi connectivity index (χ4n) is 0. The molecule has 0 aromatic carbocycles. The van der Waals surface area contributed by atoms with Gasteiger partial charge in [0, 0.05) is 0 Å². The van der Waals surface area contributed by atoms with Gasteiger partial charge in [-0.05, 0) is 0 Å². The Balaban J connectivity index is -0.00000000396. The van der Waals surface area contributed by atoms with Gasteiger partial charge in [-0.3, -0.25) is 0 Å². The van der Waals surface area contributed by atoms with Crippen LogP contribution in [0.25, 0.3) is 0 Å². The molecule has 0 aliphatic heterocycles. The summed E-state index contributed by atoms with van der Waals surface area (Å²) in [6, 6.07) is 0. The number of hydrogen-bond donors (Lipinski definition) is 0. The molecule has 0 aliphatic carbocycles. The number of rotatable bonds is 0. The van der Waals surface area contributed by atoms with Crippen LogP contribution in [0.1, 0.15) is 1.43 Å². The molecule has 0 saturated heterocycles. The molecular weight excluding hydrogens is 887 g/mol. The molecule has 24 nitrogen and oxygen atoms in total. The Morgan fingerprint density at radius 1 is 0.113 bits per heavy atom. The van der Waals surface area contributed by atoms with Crippen molar-refractivity contribution in [2.45, 2.75) is 0 Å². The molecule has 0 amide bonds. The summed E-state index contributed by atoms with van der Waals surface area (Å²) in [5.41, 5.74) is 0. The molecule has 0 heterocycles. The van der Waals surface area contributed by atoms with Gasteiger partial charge in [-0.1, -0.05) is 0 Å². The third-order valence-electron chi connectivity index (χ3n) is 0. The second-order valence-electron chi connectivity index (χ2n) is 0. The van der Waals surface area contributed by atoms with Crippen LogP contribution in [0.5, 0.6) is 0 Å². The second kappa shape index (κ2) is 1080. The summed E-state index contributed by atoms with van der Waals surface area (Å²) in [6.45, 7) is 114. The predicted octanol–water partition coefficient (Wildman–Crippen LogP) is -0.581. The number of nitrogens with zero attached hydrogens (tertiary/aromatic N) is 24. The van der Waals surface area contributed by atoms with Gasteiger partial charge in [-0.2, -0.15) is 0 Å². The van der Waals surface area contributed by atoms with Crippen LogP contribution in [0.15, 0.2) is 0 Å². The van der Waals surface area contributed by atoms with Crippen LogP contribution in [-0.4, -0.2) is 0 Å². The van der Waals surface area contributed by atoms with E-state index in [4.69, 9.17) is 284 Å². The van der Waals surface area contributed by atoms with Gasteiger partial charge in [0.1, 0.15) is 0 Å². The standard InChI is InChI=1S/24CN.4Fe.K.H/c24*1-2;;;;;;/q24*-1;4*+6;+1;-1. The van der Waals surface area contributed by atoms with E-state index in [1.807, 2.05) is 0 Å². The Labute approximate surface area is 400 Å². The van der Waals surface area contributed by atoms with E-state index in [1.165, 1.54) is 0 Å². The molecular formula is C24HFe4KN24. The van der Waals surface area contributed by atoms with E-state index in [0.29, 0.717) is 0 Å². The summed E-state index contributed by atoms with van der Waals surface area (Å²) < 4.78 is 0. The first kappa shape index (κ1) is 351. The van der Waals surface area contributed by atoms with Crippen LogP contribution in [0.2, 0.25) is 0 Å². The first-order valence-electron chi connectivity index (χ1n) is 5.37. The number of hydrogen-bond acceptors (Lipinski definition) is 24. The zero-order valence-electron chi connectivity index (χ0n) is 26.1. The first-order chi connectivity index (χ1) is 24.0. The summed E-state index contributed by atoms with van der Waals surface area (Å²) in [5, 5.41) is 150. The van der Waals surface area contributed by atoms with Crippen molar-refractivity contribution in [3.63, 3.8) is 0 Å². The van der Waals surface area contributed by atoms with Gasteiger partial charge in [0.05, 0.1) is 0 Å². The van der Waals surface area contributed by atoms with Crippen LogP contribution in [0.3, 0.4) is 0 Å². The molecule has 0 atom stereocenters. The topological polar surface area (TPSA) is 571 Å². The van der Waals surface area contributed by atoms with Crippen LogP contribution in [0, 0.1) is 284 Å². The van der Waals surface area contributed by atoms with Gasteiger partial charge >= 0.3 is 120 Å². The molecule has 29 heteroatoms. The van der Waals surface area contributed by atoms with Crippen LogP contribution < -0.4 is 51.4 Å². The molecule has 0 fully saturated rings. The monoisotopic (exact) mass is 888 g/mol. The maximum Gasteiger partial charge on any atom is 6.00 e. The molecule has 0 rings (SSSR count). The van der Waals surface area contributed by atoms with Gasteiger partial charge < -0.3 is 285 Å². The Kier molecular flexibility index (Phi) is 7150. The molecule has 0 aromatic rings. The second-order valence-corrected chi connectivity index (χ2v) is 0. The minimum Gasteiger partial charge on any atom is -1.00 e. The molecule has 53 heavy (non-hydrogen) atoms. The smallest absolute Gasteiger partial charge is 1.00 e. The van der Waals surface area contributed by atoms with E-state index in [0.717, 1.165) is 0 Å². The molecule has 0 unspecified atom stereocenters. The van der Waals surface area contributed by atoms with Crippen LogP contribution >= 0.6 is 0 Å². The van der Waals surface area contributed by atoms with Crippen molar-refractivity contribution in [1.29, 1.82) is 126 Å². The zero-order valence-corrected chi connectivity index (χ0v) is 32.7. The molecule has 0 aliphatic rings. The summed E-state index contributed by atoms with van der Waals surface area (Å²) in [4.78, 5) is 0. The Morgan fingerprint density at radius 2 is 0.113 bits per heavy atom. The Morgan fingerprint density at radius 3 is 0.113 bits per heavy atom. The maximum absolute atomic E-state index is 6.25. The van der Waals surface area contributed by atoms with E-state index in [9.17, 15) is 0 Å². The molecule has 0 radical (unpaired) electrons. The molecule has 0 spiro atoms. The Hall–Kier alpha value is -8.53. The Bertz CT molecular complexity index is 527. The van der Waals surface area contributed by atoms with Crippen molar-refractivity contribution >= 4 is 0 Å². The van der Waals surface area contributed by atoms with Crippen LogP contribution in [-0.2, 0) is 68.3 Å². The van der Waals surface area contributed by atoms with Gasteiger partial charge in [0.2, 0.25) is 0 Å². The first-order valence-corrected chi connectivity index (χ1v) is 5.37. The van der Waals surface area contributed by atoms with E-state index in [2.05, 4.69) is 0 Å².